The third kappa shape index (κ3) is 3.07. The van der Waals surface area contributed by atoms with Crippen molar-refractivity contribution in [2.24, 2.45) is 5.92 Å². The van der Waals surface area contributed by atoms with Gasteiger partial charge in [-0.3, -0.25) is 0 Å². The predicted octanol–water partition coefficient (Wildman–Crippen LogP) is 5.44. The van der Waals surface area contributed by atoms with Crippen molar-refractivity contribution in [2.75, 3.05) is 6.54 Å². The summed E-state index contributed by atoms with van der Waals surface area (Å²) in [6.07, 6.45) is 5.55. The number of hydrogen-bond donors (Lipinski definition) is 1. The van der Waals surface area contributed by atoms with E-state index >= 15 is 0 Å². The predicted molar refractivity (Wildman–Crippen MR) is 90.0 cm³/mol. The highest BCUT2D eigenvalue weighted by molar-refractivity contribution is 9.10. The molecule has 0 saturated heterocycles. The molecule has 1 aliphatic rings. The minimum absolute atomic E-state index is 0.512. The fourth-order valence-corrected chi connectivity index (χ4v) is 3.48. The Morgan fingerprint density at radius 2 is 1.90 bits per heavy atom. The average Bonchev–Trinajstić information content (AvgIpc) is 2.41. The average molecular weight is 332 g/mol. The van der Waals surface area contributed by atoms with Crippen molar-refractivity contribution >= 4 is 26.7 Å². The van der Waals surface area contributed by atoms with Gasteiger partial charge in [0.15, 0.2) is 0 Å². The highest BCUT2D eigenvalue weighted by atomic mass is 79.9. The lowest BCUT2D eigenvalue weighted by Gasteiger charge is -2.30. The van der Waals surface area contributed by atoms with E-state index in [0.29, 0.717) is 6.04 Å². The molecule has 1 fully saturated rings. The molecule has 0 aliphatic heterocycles. The maximum absolute atomic E-state index is 3.66. The van der Waals surface area contributed by atoms with Crippen molar-refractivity contribution in [1.82, 2.24) is 5.32 Å². The van der Waals surface area contributed by atoms with E-state index in [-0.39, 0.29) is 0 Å². The summed E-state index contributed by atoms with van der Waals surface area (Å²) in [6.45, 7) is 3.24. The Labute approximate surface area is 129 Å². The Hall–Kier alpha value is -0.860. The lowest BCUT2D eigenvalue weighted by molar-refractivity contribution is 0.262. The van der Waals surface area contributed by atoms with Gasteiger partial charge in [0.2, 0.25) is 0 Å². The fourth-order valence-electron chi connectivity index (χ4n) is 3.10. The Balaban J connectivity index is 1.87. The summed E-state index contributed by atoms with van der Waals surface area (Å²) in [4.78, 5) is 0. The Bertz CT molecular complexity index is 589. The molecule has 0 bridgehead atoms. The molecule has 2 heteroatoms. The van der Waals surface area contributed by atoms with Crippen LogP contribution in [0.25, 0.3) is 10.8 Å². The van der Waals surface area contributed by atoms with Crippen molar-refractivity contribution in [3.63, 3.8) is 0 Å². The standard InChI is InChI=1S/C18H22BrN/c1-2-20-18(10-13-4-3-5-13)16-7-6-15-12-17(19)9-8-14(15)11-16/h6-9,11-13,18,20H,2-5,10H2,1H3. The van der Waals surface area contributed by atoms with Crippen molar-refractivity contribution in [2.45, 2.75) is 38.6 Å². The smallest absolute Gasteiger partial charge is 0.0322 e. The summed E-state index contributed by atoms with van der Waals surface area (Å²) in [5.74, 6) is 0.930. The van der Waals surface area contributed by atoms with Gasteiger partial charge in [0.25, 0.3) is 0 Å². The van der Waals surface area contributed by atoms with Crippen LogP contribution in [0.1, 0.15) is 44.2 Å². The van der Waals surface area contributed by atoms with E-state index in [2.05, 4.69) is 64.6 Å². The number of rotatable bonds is 5. The van der Waals surface area contributed by atoms with Crippen LogP contribution in [0, 0.1) is 5.92 Å². The Morgan fingerprint density at radius 3 is 2.60 bits per heavy atom. The van der Waals surface area contributed by atoms with Crippen molar-refractivity contribution in [3.8, 4) is 0 Å². The number of fused-ring (bicyclic) bond motifs is 1. The molecule has 0 spiro atoms. The minimum Gasteiger partial charge on any atom is -0.310 e. The second-order valence-electron chi connectivity index (χ2n) is 5.89. The van der Waals surface area contributed by atoms with E-state index in [1.165, 1.54) is 42.0 Å². The monoisotopic (exact) mass is 331 g/mol. The first-order valence-corrected chi connectivity index (χ1v) is 8.48. The maximum atomic E-state index is 3.66. The topological polar surface area (TPSA) is 12.0 Å². The molecule has 3 rings (SSSR count). The lowest BCUT2D eigenvalue weighted by Crippen LogP contribution is -2.25. The van der Waals surface area contributed by atoms with Gasteiger partial charge in [-0.2, -0.15) is 0 Å². The molecular weight excluding hydrogens is 310 g/mol. The van der Waals surface area contributed by atoms with Gasteiger partial charge >= 0.3 is 0 Å². The summed E-state index contributed by atoms with van der Waals surface area (Å²) < 4.78 is 1.15. The van der Waals surface area contributed by atoms with Gasteiger partial charge in [-0.25, -0.2) is 0 Å². The highest BCUT2D eigenvalue weighted by Gasteiger charge is 2.22. The van der Waals surface area contributed by atoms with Crippen LogP contribution < -0.4 is 5.32 Å². The normalized spacial score (nSPS) is 17.1. The van der Waals surface area contributed by atoms with Crippen LogP contribution in [0.2, 0.25) is 0 Å². The zero-order valence-electron chi connectivity index (χ0n) is 12.0. The zero-order chi connectivity index (χ0) is 13.9. The molecule has 1 saturated carbocycles. The van der Waals surface area contributed by atoms with Gasteiger partial charge in [-0.05, 0) is 53.4 Å². The van der Waals surface area contributed by atoms with Gasteiger partial charge in [-0.1, -0.05) is 60.3 Å². The second kappa shape index (κ2) is 6.28. The molecule has 106 valence electrons. The van der Waals surface area contributed by atoms with E-state index in [0.717, 1.165) is 16.9 Å². The number of nitrogens with one attached hydrogen (secondary N) is 1. The van der Waals surface area contributed by atoms with Crippen molar-refractivity contribution in [1.29, 1.82) is 0 Å². The summed E-state index contributed by atoms with van der Waals surface area (Å²) in [7, 11) is 0. The fraction of sp³-hybridized carbons (Fsp3) is 0.444. The zero-order valence-corrected chi connectivity index (χ0v) is 13.6. The van der Waals surface area contributed by atoms with Crippen molar-refractivity contribution in [3.05, 3.63) is 46.4 Å². The molecule has 20 heavy (non-hydrogen) atoms. The van der Waals surface area contributed by atoms with Gasteiger partial charge in [0, 0.05) is 10.5 Å². The molecule has 2 aromatic rings. The molecule has 1 atom stereocenters. The summed E-state index contributed by atoms with van der Waals surface area (Å²) in [5, 5.41) is 6.31. The summed E-state index contributed by atoms with van der Waals surface area (Å²) in [5.41, 5.74) is 1.44. The SMILES string of the molecule is CCNC(CC1CCC1)c1ccc2cc(Br)ccc2c1. The summed E-state index contributed by atoms with van der Waals surface area (Å²) in [6, 6.07) is 13.9. The van der Waals surface area contributed by atoms with E-state index in [9.17, 15) is 0 Å². The van der Waals surface area contributed by atoms with Crippen LogP contribution in [0.5, 0.6) is 0 Å². The van der Waals surface area contributed by atoms with Gasteiger partial charge in [-0.15, -0.1) is 0 Å². The van der Waals surface area contributed by atoms with Crippen LogP contribution >= 0.6 is 15.9 Å². The van der Waals surface area contributed by atoms with E-state index in [1.807, 2.05) is 0 Å². The van der Waals surface area contributed by atoms with Gasteiger partial charge in [0.05, 0.1) is 0 Å². The third-order valence-corrected chi connectivity index (χ3v) is 4.97. The number of hydrogen-bond acceptors (Lipinski definition) is 1. The number of benzene rings is 2. The molecule has 0 radical (unpaired) electrons. The first-order chi connectivity index (χ1) is 9.76. The maximum Gasteiger partial charge on any atom is 0.0322 e. The van der Waals surface area contributed by atoms with Gasteiger partial charge in [0.1, 0.15) is 0 Å². The lowest BCUT2D eigenvalue weighted by atomic mass is 9.79. The Kier molecular flexibility index (Phi) is 4.42. The van der Waals surface area contributed by atoms with E-state index < -0.39 is 0 Å². The van der Waals surface area contributed by atoms with Crippen LogP contribution in [0.3, 0.4) is 0 Å². The van der Waals surface area contributed by atoms with E-state index in [1.54, 1.807) is 0 Å². The molecular formula is C18H22BrN. The van der Waals surface area contributed by atoms with Crippen LogP contribution in [0.15, 0.2) is 40.9 Å². The van der Waals surface area contributed by atoms with Crippen LogP contribution in [0.4, 0.5) is 0 Å². The molecule has 0 amide bonds. The van der Waals surface area contributed by atoms with Crippen LogP contribution in [-0.2, 0) is 0 Å². The molecule has 1 nitrogen and oxygen atoms in total. The minimum atomic E-state index is 0.512. The van der Waals surface area contributed by atoms with Crippen molar-refractivity contribution < 1.29 is 0 Å². The highest BCUT2D eigenvalue weighted by Crippen LogP contribution is 2.35. The number of halogens is 1. The second-order valence-corrected chi connectivity index (χ2v) is 6.81. The van der Waals surface area contributed by atoms with Crippen LogP contribution in [-0.4, -0.2) is 6.54 Å². The molecule has 1 unspecified atom stereocenters. The first kappa shape index (κ1) is 14.1. The molecule has 1 N–H and O–H groups in total. The quantitative estimate of drug-likeness (QED) is 0.768. The molecule has 0 aromatic heterocycles. The summed E-state index contributed by atoms with van der Waals surface area (Å²) >= 11 is 3.54. The Morgan fingerprint density at radius 1 is 1.15 bits per heavy atom. The van der Waals surface area contributed by atoms with E-state index in [4.69, 9.17) is 0 Å². The largest absolute Gasteiger partial charge is 0.310 e. The molecule has 2 aromatic carbocycles. The first-order valence-electron chi connectivity index (χ1n) is 7.69. The molecule has 0 heterocycles. The van der Waals surface area contributed by atoms with Gasteiger partial charge < -0.3 is 5.32 Å². The third-order valence-electron chi connectivity index (χ3n) is 4.47. The molecule has 1 aliphatic carbocycles.